The third-order valence-electron chi connectivity index (χ3n) is 7.54. The quantitative estimate of drug-likeness (QED) is 0.225. The first-order chi connectivity index (χ1) is 17.7. The van der Waals surface area contributed by atoms with Crippen LogP contribution in [0.25, 0.3) is 0 Å². The highest BCUT2D eigenvalue weighted by atomic mass is 35.5. The number of amides is 1. The van der Waals surface area contributed by atoms with E-state index in [1.807, 2.05) is 0 Å². The van der Waals surface area contributed by atoms with Gasteiger partial charge in [-0.05, 0) is 93.9 Å². The van der Waals surface area contributed by atoms with Crippen LogP contribution in [0.3, 0.4) is 0 Å². The Morgan fingerprint density at radius 3 is 2.68 bits per heavy atom. The molecule has 0 aromatic heterocycles. The van der Waals surface area contributed by atoms with Gasteiger partial charge in [0, 0.05) is 24.4 Å². The zero-order chi connectivity index (χ0) is 26.6. The van der Waals surface area contributed by atoms with Crippen molar-refractivity contribution in [1.29, 1.82) is 0 Å². The molecule has 1 amide bonds. The van der Waals surface area contributed by atoms with Crippen molar-refractivity contribution < 1.29 is 13.9 Å². The zero-order valence-corrected chi connectivity index (χ0v) is 22.2. The molecule has 1 spiro atoms. The number of piperidine rings is 1. The maximum atomic E-state index is 13.5. The summed E-state index contributed by atoms with van der Waals surface area (Å²) in [6.45, 7) is 6.47. The topological polar surface area (TPSA) is 92.0 Å². The molecule has 37 heavy (non-hydrogen) atoms. The molecule has 0 unspecified atom stereocenters. The van der Waals surface area contributed by atoms with Crippen molar-refractivity contribution in [1.82, 2.24) is 4.90 Å². The fraction of sp³-hybridized carbons (Fsp3) is 0.429. The number of aliphatic imine (C=N–C) groups is 1. The predicted molar refractivity (Wildman–Crippen MR) is 149 cm³/mol. The SMILES string of the molecule is C=CC(=O)Nc1cc(C(N)=Nc2ccc(F)c(Cl)c2)c(NC)cc1OCCC1CC2(CCN(C)CC2)C1. The van der Waals surface area contributed by atoms with Gasteiger partial charge in [-0.1, -0.05) is 18.2 Å². The van der Waals surface area contributed by atoms with Crippen LogP contribution < -0.4 is 21.1 Å². The minimum Gasteiger partial charge on any atom is -0.491 e. The van der Waals surface area contributed by atoms with Crippen molar-refractivity contribution in [2.75, 3.05) is 44.4 Å². The number of benzene rings is 2. The number of hydrogen-bond acceptors (Lipinski definition) is 5. The summed E-state index contributed by atoms with van der Waals surface area (Å²) in [6, 6.07) is 7.63. The number of rotatable bonds is 9. The normalized spacial score (nSPS) is 17.8. The van der Waals surface area contributed by atoms with E-state index >= 15 is 0 Å². The van der Waals surface area contributed by atoms with E-state index in [9.17, 15) is 9.18 Å². The molecule has 9 heteroatoms. The first-order valence-electron chi connectivity index (χ1n) is 12.6. The lowest BCUT2D eigenvalue weighted by Gasteiger charge is -2.52. The maximum Gasteiger partial charge on any atom is 0.247 e. The van der Waals surface area contributed by atoms with Crippen LogP contribution in [0.15, 0.2) is 48.0 Å². The number of nitrogens with zero attached hydrogens (tertiary/aromatic N) is 2. The number of hydrogen-bond donors (Lipinski definition) is 3. The van der Waals surface area contributed by atoms with Crippen LogP contribution in [0.1, 0.15) is 37.7 Å². The Balaban J connectivity index is 1.49. The highest BCUT2D eigenvalue weighted by molar-refractivity contribution is 6.31. The number of carbonyl (C=O) groups excluding carboxylic acids is 1. The van der Waals surface area contributed by atoms with Gasteiger partial charge in [0.2, 0.25) is 5.91 Å². The lowest BCUT2D eigenvalue weighted by molar-refractivity contribution is -0.111. The van der Waals surface area contributed by atoms with Crippen LogP contribution in [-0.4, -0.2) is 50.4 Å². The van der Waals surface area contributed by atoms with Crippen molar-refractivity contribution in [2.24, 2.45) is 22.1 Å². The third-order valence-corrected chi connectivity index (χ3v) is 7.83. The Labute approximate surface area is 222 Å². The van der Waals surface area contributed by atoms with Gasteiger partial charge < -0.3 is 26.0 Å². The van der Waals surface area contributed by atoms with Gasteiger partial charge in [0.1, 0.15) is 17.4 Å². The summed E-state index contributed by atoms with van der Waals surface area (Å²) in [4.78, 5) is 18.9. The molecular formula is C28H35ClFN5O2. The Bertz CT molecular complexity index is 1190. The Hall–Kier alpha value is -3.10. The fourth-order valence-corrected chi connectivity index (χ4v) is 5.53. The summed E-state index contributed by atoms with van der Waals surface area (Å²) in [5, 5.41) is 5.88. The Morgan fingerprint density at radius 2 is 2.03 bits per heavy atom. The smallest absolute Gasteiger partial charge is 0.247 e. The average Bonchev–Trinajstić information content (AvgIpc) is 2.86. The van der Waals surface area contributed by atoms with Gasteiger partial charge in [-0.15, -0.1) is 0 Å². The molecular weight excluding hydrogens is 493 g/mol. The van der Waals surface area contributed by atoms with Crippen molar-refractivity contribution in [3.8, 4) is 5.75 Å². The van der Waals surface area contributed by atoms with Gasteiger partial charge in [-0.25, -0.2) is 9.38 Å². The fourth-order valence-electron chi connectivity index (χ4n) is 5.36. The zero-order valence-electron chi connectivity index (χ0n) is 21.4. The van der Waals surface area contributed by atoms with E-state index in [-0.39, 0.29) is 16.8 Å². The molecule has 2 aromatic carbocycles. The standard InChI is InChI=1S/C28H35ClFN5O2/c1-4-26(36)34-24-14-20(27(31)33-19-5-6-22(30)21(29)13-19)23(32-2)15-25(24)37-12-7-18-16-28(17-18)8-10-35(3)11-9-28/h4-6,13-15,18,32H,1,7-12,16-17H2,2-3H3,(H2,31,33)(H,34,36). The second-order valence-electron chi connectivity index (χ2n) is 10.1. The largest absolute Gasteiger partial charge is 0.491 e. The van der Waals surface area contributed by atoms with Crippen LogP contribution in [0.4, 0.5) is 21.5 Å². The number of likely N-dealkylation sites (tertiary alicyclic amines) is 1. The van der Waals surface area contributed by atoms with E-state index in [1.165, 1.54) is 63.0 Å². The number of carbonyl (C=O) groups is 1. The van der Waals surface area contributed by atoms with E-state index in [0.717, 1.165) is 6.42 Å². The van der Waals surface area contributed by atoms with E-state index in [1.54, 1.807) is 19.2 Å². The van der Waals surface area contributed by atoms with Gasteiger partial charge in [-0.3, -0.25) is 4.79 Å². The molecule has 2 aliphatic rings. The van der Waals surface area contributed by atoms with Crippen LogP contribution >= 0.6 is 11.6 Å². The summed E-state index contributed by atoms with van der Waals surface area (Å²) in [5.41, 5.74) is 8.95. The molecule has 2 aromatic rings. The Kier molecular flexibility index (Phi) is 8.39. The average molecular weight is 528 g/mol. The number of anilines is 2. The Morgan fingerprint density at radius 1 is 1.30 bits per heavy atom. The van der Waals surface area contributed by atoms with Crippen molar-refractivity contribution in [3.05, 3.63) is 59.4 Å². The molecule has 198 valence electrons. The van der Waals surface area contributed by atoms with Gasteiger partial charge >= 0.3 is 0 Å². The molecule has 0 bridgehead atoms. The van der Waals surface area contributed by atoms with E-state index in [4.69, 9.17) is 22.1 Å². The van der Waals surface area contributed by atoms with Crippen LogP contribution in [-0.2, 0) is 4.79 Å². The summed E-state index contributed by atoms with van der Waals surface area (Å²) >= 11 is 5.88. The summed E-state index contributed by atoms with van der Waals surface area (Å²) in [6.07, 6.45) is 7.29. The van der Waals surface area contributed by atoms with Crippen molar-refractivity contribution in [3.63, 3.8) is 0 Å². The summed E-state index contributed by atoms with van der Waals surface area (Å²) in [5.74, 6) is 0.481. The molecule has 2 fully saturated rings. The number of halogens is 2. The molecule has 1 heterocycles. The first-order valence-corrected chi connectivity index (χ1v) is 13.0. The molecule has 1 aliphatic carbocycles. The van der Waals surface area contributed by atoms with E-state index in [0.29, 0.717) is 46.3 Å². The van der Waals surface area contributed by atoms with Crippen LogP contribution in [0, 0.1) is 17.2 Å². The maximum absolute atomic E-state index is 13.5. The summed E-state index contributed by atoms with van der Waals surface area (Å²) < 4.78 is 19.7. The monoisotopic (exact) mass is 527 g/mol. The minimum absolute atomic E-state index is 0.0428. The molecule has 4 N–H and O–H groups in total. The number of nitrogens with one attached hydrogen (secondary N) is 2. The predicted octanol–water partition coefficient (Wildman–Crippen LogP) is 5.57. The van der Waals surface area contributed by atoms with Crippen molar-refractivity contribution >= 4 is 40.4 Å². The first kappa shape index (κ1) is 26.9. The second kappa shape index (κ2) is 11.5. The molecule has 4 rings (SSSR count). The van der Waals surface area contributed by atoms with Gasteiger partial charge in [0.15, 0.2) is 0 Å². The van der Waals surface area contributed by atoms with Gasteiger partial charge in [0.05, 0.1) is 23.0 Å². The van der Waals surface area contributed by atoms with E-state index in [2.05, 4.69) is 34.2 Å². The molecule has 1 saturated carbocycles. The lowest BCUT2D eigenvalue weighted by atomic mass is 9.57. The molecule has 0 atom stereocenters. The lowest BCUT2D eigenvalue weighted by Crippen LogP contribution is -2.46. The molecule has 1 saturated heterocycles. The minimum atomic E-state index is -0.533. The molecule has 1 aliphatic heterocycles. The van der Waals surface area contributed by atoms with Crippen LogP contribution in [0.2, 0.25) is 5.02 Å². The number of ether oxygens (including phenoxy) is 1. The van der Waals surface area contributed by atoms with Crippen molar-refractivity contribution in [2.45, 2.75) is 32.1 Å². The molecule has 7 nitrogen and oxygen atoms in total. The number of amidine groups is 1. The van der Waals surface area contributed by atoms with Gasteiger partial charge in [-0.2, -0.15) is 0 Å². The molecule has 0 radical (unpaired) electrons. The third kappa shape index (κ3) is 6.43. The van der Waals surface area contributed by atoms with E-state index < -0.39 is 5.82 Å². The highest BCUT2D eigenvalue weighted by Gasteiger charge is 2.44. The summed E-state index contributed by atoms with van der Waals surface area (Å²) in [7, 11) is 3.96. The van der Waals surface area contributed by atoms with Gasteiger partial charge in [0.25, 0.3) is 0 Å². The van der Waals surface area contributed by atoms with Crippen LogP contribution in [0.5, 0.6) is 5.75 Å². The number of nitrogens with two attached hydrogens (primary N) is 1. The second-order valence-corrected chi connectivity index (χ2v) is 10.6. The highest BCUT2D eigenvalue weighted by Crippen LogP contribution is 2.53.